The summed E-state index contributed by atoms with van der Waals surface area (Å²) in [4.78, 5) is 12.9. The molecule has 0 saturated carbocycles. The van der Waals surface area contributed by atoms with Crippen LogP contribution in [-0.4, -0.2) is 24.7 Å². The highest BCUT2D eigenvalue weighted by Crippen LogP contribution is 2.41. The molecule has 1 aliphatic rings. The summed E-state index contributed by atoms with van der Waals surface area (Å²) in [5.41, 5.74) is 2.65. The Morgan fingerprint density at radius 3 is 2.68 bits per heavy atom. The van der Waals surface area contributed by atoms with Gasteiger partial charge in [-0.05, 0) is 70.0 Å². The Hall–Kier alpha value is -2.69. The first-order valence-electron chi connectivity index (χ1n) is 9.60. The van der Waals surface area contributed by atoms with E-state index in [4.69, 9.17) is 14.2 Å². The van der Waals surface area contributed by atoms with E-state index in [9.17, 15) is 4.79 Å². The number of methoxy groups -OCH3 is 1. The lowest BCUT2D eigenvalue weighted by Crippen LogP contribution is -2.44. The number of fused-ring (bicyclic) bond motifs is 1. The minimum atomic E-state index is -0.611. The minimum Gasteiger partial charge on any atom is -0.497 e. The van der Waals surface area contributed by atoms with Crippen LogP contribution in [0.3, 0.4) is 0 Å². The molecule has 1 aliphatic heterocycles. The molecule has 0 aliphatic carbocycles. The van der Waals surface area contributed by atoms with Gasteiger partial charge in [0.2, 0.25) is 0 Å². The Morgan fingerprint density at radius 1 is 1.21 bits per heavy atom. The van der Waals surface area contributed by atoms with Crippen LogP contribution < -0.4 is 19.5 Å². The second kappa shape index (κ2) is 7.74. The van der Waals surface area contributed by atoms with Crippen LogP contribution in [0.4, 0.5) is 0 Å². The Kier molecular flexibility index (Phi) is 5.54. The van der Waals surface area contributed by atoms with Crippen molar-refractivity contribution in [1.29, 1.82) is 0 Å². The Bertz CT molecular complexity index is 875. The fourth-order valence-electron chi connectivity index (χ4n) is 3.46. The van der Waals surface area contributed by atoms with E-state index in [1.807, 2.05) is 64.1 Å². The number of carbonyl (C=O) groups is 1. The third kappa shape index (κ3) is 4.41. The standard InChI is InChI=1S/C23H29NO4/c1-14-7-8-15(2)21(11-14)27-16(3)22(25)24-19-13-23(4,5)28-20-10-9-17(26-6)12-18(19)20/h7-12,16,19H,13H2,1-6H3,(H,24,25)/t16-,19-/m1/s1. The predicted molar refractivity (Wildman–Crippen MR) is 109 cm³/mol. The van der Waals surface area contributed by atoms with Gasteiger partial charge in [-0.15, -0.1) is 0 Å². The van der Waals surface area contributed by atoms with Crippen LogP contribution in [0.15, 0.2) is 36.4 Å². The first-order valence-corrected chi connectivity index (χ1v) is 9.60. The zero-order valence-electron chi connectivity index (χ0n) is 17.5. The van der Waals surface area contributed by atoms with Gasteiger partial charge in [-0.25, -0.2) is 0 Å². The van der Waals surface area contributed by atoms with Gasteiger partial charge in [0.25, 0.3) is 5.91 Å². The number of rotatable bonds is 5. The van der Waals surface area contributed by atoms with Crippen molar-refractivity contribution >= 4 is 5.91 Å². The van der Waals surface area contributed by atoms with Crippen molar-refractivity contribution in [2.45, 2.75) is 58.8 Å². The van der Waals surface area contributed by atoms with Crippen molar-refractivity contribution in [2.75, 3.05) is 7.11 Å². The van der Waals surface area contributed by atoms with Gasteiger partial charge in [0, 0.05) is 12.0 Å². The Labute approximate surface area is 167 Å². The van der Waals surface area contributed by atoms with E-state index in [1.54, 1.807) is 14.0 Å². The molecule has 0 unspecified atom stereocenters. The maximum Gasteiger partial charge on any atom is 0.261 e. The van der Waals surface area contributed by atoms with Crippen molar-refractivity contribution in [2.24, 2.45) is 0 Å². The lowest BCUT2D eigenvalue weighted by molar-refractivity contribution is -0.128. The summed E-state index contributed by atoms with van der Waals surface area (Å²) in [5.74, 6) is 2.08. The lowest BCUT2D eigenvalue weighted by atomic mass is 9.89. The summed E-state index contributed by atoms with van der Waals surface area (Å²) in [6.07, 6.45) is 0.0512. The highest BCUT2D eigenvalue weighted by molar-refractivity contribution is 5.81. The van der Waals surface area contributed by atoms with E-state index in [-0.39, 0.29) is 17.6 Å². The Balaban J connectivity index is 1.78. The normalized spacial score (nSPS) is 18.4. The lowest BCUT2D eigenvalue weighted by Gasteiger charge is -2.38. The van der Waals surface area contributed by atoms with Gasteiger partial charge in [-0.2, -0.15) is 0 Å². The van der Waals surface area contributed by atoms with Crippen LogP contribution in [0.25, 0.3) is 0 Å². The molecule has 150 valence electrons. The summed E-state index contributed by atoms with van der Waals surface area (Å²) >= 11 is 0. The molecule has 0 saturated heterocycles. The molecule has 1 N–H and O–H groups in total. The summed E-state index contributed by atoms with van der Waals surface area (Å²) in [7, 11) is 1.63. The zero-order valence-corrected chi connectivity index (χ0v) is 17.5. The number of amides is 1. The zero-order chi connectivity index (χ0) is 20.5. The highest BCUT2D eigenvalue weighted by Gasteiger charge is 2.35. The minimum absolute atomic E-state index is 0.155. The predicted octanol–water partition coefficient (Wildman–Crippen LogP) is 4.50. The number of ether oxygens (including phenoxy) is 3. The fourth-order valence-corrected chi connectivity index (χ4v) is 3.46. The van der Waals surface area contributed by atoms with E-state index in [1.165, 1.54) is 0 Å². The summed E-state index contributed by atoms with van der Waals surface area (Å²) < 4.78 is 17.4. The molecule has 28 heavy (non-hydrogen) atoms. The number of hydrogen-bond donors (Lipinski definition) is 1. The monoisotopic (exact) mass is 383 g/mol. The number of nitrogens with one attached hydrogen (secondary N) is 1. The van der Waals surface area contributed by atoms with Crippen molar-refractivity contribution < 1.29 is 19.0 Å². The third-order valence-corrected chi connectivity index (χ3v) is 5.01. The van der Waals surface area contributed by atoms with Gasteiger partial charge in [0.1, 0.15) is 22.8 Å². The molecule has 2 aromatic carbocycles. The van der Waals surface area contributed by atoms with Gasteiger partial charge in [0.05, 0.1) is 13.2 Å². The van der Waals surface area contributed by atoms with Crippen molar-refractivity contribution in [1.82, 2.24) is 5.32 Å². The van der Waals surface area contributed by atoms with Gasteiger partial charge in [-0.1, -0.05) is 12.1 Å². The summed E-state index contributed by atoms with van der Waals surface area (Å²) in [6.45, 7) is 9.80. The maximum absolute atomic E-state index is 12.9. The molecular formula is C23H29NO4. The summed E-state index contributed by atoms with van der Waals surface area (Å²) in [5, 5.41) is 3.14. The molecule has 1 amide bonds. The number of aryl methyl sites for hydroxylation is 2. The van der Waals surface area contributed by atoms with Crippen LogP contribution in [-0.2, 0) is 4.79 Å². The van der Waals surface area contributed by atoms with E-state index in [2.05, 4.69) is 5.32 Å². The van der Waals surface area contributed by atoms with Crippen LogP contribution in [0, 0.1) is 13.8 Å². The maximum atomic E-state index is 12.9. The van der Waals surface area contributed by atoms with Crippen LogP contribution in [0.5, 0.6) is 17.2 Å². The molecule has 0 spiro atoms. The first-order chi connectivity index (χ1) is 13.2. The van der Waals surface area contributed by atoms with E-state index >= 15 is 0 Å². The van der Waals surface area contributed by atoms with Gasteiger partial charge in [-0.3, -0.25) is 4.79 Å². The topological polar surface area (TPSA) is 56.8 Å². The Morgan fingerprint density at radius 2 is 1.96 bits per heavy atom. The highest BCUT2D eigenvalue weighted by atomic mass is 16.5. The largest absolute Gasteiger partial charge is 0.497 e. The molecule has 0 aromatic heterocycles. The van der Waals surface area contributed by atoms with Crippen LogP contribution in [0.1, 0.15) is 49.9 Å². The van der Waals surface area contributed by atoms with Crippen LogP contribution in [0.2, 0.25) is 0 Å². The number of benzene rings is 2. The van der Waals surface area contributed by atoms with Crippen molar-refractivity contribution in [3.8, 4) is 17.2 Å². The molecular weight excluding hydrogens is 354 g/mol. The number of carbonyl (C=O) groups excluding carboxylic acids is 1. The molecule has 3 rings (SSSR count). The smallest absolute Gasteiger partial charge is 0.261 e. The SMILES string of the molecule is COc1ccc2c(c1)[C@H](NC(=O)[C@@H](C)Oc1cc(C)ccc1C)CC(C)(C)O2. The number of hydrogen-bond acceptors (Lipinski definition) is 4. The van der Waals surface area contributed by atoms with Crippen LogP contribution >= 0.6 is 0 Å². The molecule has 5 nitrogen and oxygen atoms in total. The van der Waals surface area contributed by atoms with Gasteiger partial charge >= 0.3 is 0 Å². The second-order valence-corrected chi connectivity index (χ2v) is 8.06. The van der Waals surface area contributed by atoms with E-state index < -0.39 is 6.10 Å². The van der Waals surface area contributed by atoms with E-state index in [0.29, 0.717) is 6.42 Å². The average Bonchev–Trinajstić information content (AvgIpc) is 2.63. The molecule has 2 atom stereocenters. The molecule has 0 radical (unpaired) electrons. The quantitative estimate of drug-likeness (QED) is 0.826. The van der Waals surface area contributed by atoms with Gasteiger partial charge < -0.3 is 19.5 Å². The molecule has 0 bridgehead atoms. The molecule has 2 aromatic rings. The average molecular weight is 383 g/mol. The second-order valence-electron chi connectivity index (χ2n) is 8.06. The molecule has 5 heteroatoms. The van der Waals surface area contributed by atoms with E-state index in [0.717, 1.165) is 33.9 Å². The summed E-state index contributed by atoms with van der Waals surface area (Å²) in [6, 6.07) is 11.5. The van der Waals surface area contributed by atoms with Crippen molar-refractivity contribution in [3.05, 3.63) is 53.1 Å². The van der Waals surface area contributed by atoms with Crippen molar-refractivity contribution in [3.63, 3.8) is 0 Å². The molecule has 0 fully saturated rings. The first kappa shape index (κ1) is 20.1. The third-order valence-electron chi connectivity index (χ3n) is 5.01. The molecule has 1 heterocycles. The van der Waals surface area contributed by atoms with Gasteiger partial charge in [0.15, 0.2) is 6.10 Å². The fraction of sp³-hybridized carbons (Fsp3) is 0.435.